The molecule has 6 nitrogen and oxygen atoms in total. The van der Waals surface area contributed by atoms with E-state index in [2.05, 4.69) is 14.8 Å². The molecule has 7 heteroatoms. The lowest BCUT2D eigenvalue weighted by Crippen LogP contribution is -2.52. The highest BCUT2D eigenvalue weighted by atomic mass is 32.1. The molecule has 0 amide bonds. The summed E-state index contributed by atoms with van der Waals surface area (Å²) in [5.74, 6) is 0.444. The van der Waals surface area contributed by atoms with Gasteiger partial charge in [0.25, 0.3) is 0 Å². The van der Waals surface area contributed by atoms with Crippen LogP contribution in [0.3, 0.4) is 0 Å². The van der Waals surface area contributed by atoms with Crippen LogP contribution in [0.5, 0.6) is 0 Å². The molecule has 1 aliphatic heterocycles. The van der Waals surface area contributed by atoms with Gasteiger partial charge in [-0.15, -0.1) is 0 Å². The average Bonchev–Trinajstić information content (AvgIpc) is 2.53. The zero-order valence-corrected chi connectivity index (χ0v) is 13.1. The van der Waals surface area contributed by atoms with Gasteiger partial charge in [-0.2, -0.15) is 0 Å². The van der Waals surface area contributed by atoms with Crippen molar-refractivity contribution in [1.29, 1.82) is 0 Å². The molecule has 1 fully saturated rings. The van der Waals surface area contributed by atoms with Crippen molar-refractivity contribution in [1.82, 2.24) is 9.88 Å². The second kappa shape index (κ2) is 6.82. The summed E-state index contributed by atoms with van der Waals surface area (Å²) in [6.07, 6.45) is 1.63. The molecule has 2 heterocycles. The van der Waals surface area contributed by atoms with Gasteiger partial charge in [-0.3, -0.25) is 4.90 Å². The Kier molecular flexibility index (Phi) is 5.08. The van der Waals surface area contributed by atoms with Crippen LogP contribution in [0, 0.1) is 0 Å². The quantitative estimate of drug-likeness (QED) is 0.647. The first-order valence-electron chi connectivity index (χ1n) is 6.85. The van der Waals surface area contributed by atoms with Crippen molar-refractivity contribution in [2.75, 3.05) is 38.2 Å². The summed E-state index contributed by atoms with van der Waals surface area (Å²) in [6.45, 7) is 5.40. The lowest BCUT2D eigenvalue weighted by molar-refractivity contribution is 0.0600. The monoisotopic (exact) mass is 308 g/mol. The fourth-order valence-electron chi connectivity index (χ4n) is 2.35. The smallest absolute Gasteiger partial charge is 0.338 e. The van der Waals surface area contributed by atoms with Gasteiger partial charge in [-0.1, -0.05) is 12.2 Å². The summed E-state index contributed by atoms with van der Waals surface area (Å²) < 4.78 is 4.73. The van der Waals surface area contributed by atoms with Crippen molar-refractivity contribution >= 4 is 29.0 Å². The van der Waals surface area contributed by atoms with Crippen LogP contribution in [0.15, 0.2) is 18.3 Å². The number of ether oxygens (including phenoxy) is 1. The molecule has 1 unspecified atom stereocenters. The summed E-state index contributed by atoms with van der Waals surface area (Å²) in [7, 11) is 1.37. The fraction of sp³-hybridized carbons (Fsp3) is 0.500. The number of methoxy groups -OCH3 is 1. The van der Waals surface area contributed by atoms with Crippen molar-refractivity contribution in [3.05, 3.63) is 23.9 Å². The maximum atomic E-state index is 11.6. The number of hydrogen-bond acceptors (Lipinski definition) is 6. The van der Waals surface area contributed by atoms with Crippen LogP contribution in [0.4, 0.5) is 5.82 Å². The number of pyridine rings is 1. The van der Waals surface area contributed by atoms with E-state index < -0.39 is 0 Å². The van der Waals surface area contributed by atoms with E-state index in [0.717, 1.165) is 32.0 Å². The van der Waals surface area contributed by atoms with Crippen LogP contribution in [-0.2, 0) is 4.74 Å². The molecule has 1 saturated heterocycles. The molecular weight excluding hydrogens is 288 g/mol. The summed E-state index contributed by atoms with van der Waals surface area (Å²) in [4.78, 5) is 20.8. The summed E-state index contributed by atoms with van der Waals surface area (Å²) in [5, 5.41) is 0. The van der Waals surface area contributed by atoms with Gasteiger partial charge in [-0.05, 0) is 19.1 Å². The number of nitrogens with two attached hydrogens (primary N) is 1. The molecule has 0 spiro atoms. The molecule has 0 aromatic carbocycles. The van der Waals surface area contributed by atoms with Crippen LogP contribution < -0.4 is 10.6 Å². The molecule has 2 rings (SSSR count). The van der Waals surface area contributed by atoms with Gasteiger partial charge in [-0.25, -0.2) is 9.78 Å². The minimum atomic E-state index is -0.348. The number of hydrogen-bond donors (Lipinski definition) is 1. The highest BCUT2D eigenvalue weighted by Gasteiger charge is 2.23. The first-order valence-corrected chi connectivity index (χ1v) is 7.26. The molecule has 114 valence electrons. The van der Waals surface area contributed by atoms with E-state index in [-0.39, 0.29) is 12.0 Å². The van der Waals surface area contributed by atoms with Crippen molar-refractivity contribution in [2.45, 2.75) is 13.0 Å². The second-order valence-corrected chi connectivity index (χ2v) is 5.47. The Balaban J connectivity index is 2.02. The predicted molar refractivity (Wildman–Crippen MR) is 85.6 cm³/mol. The predicted octanol–water partition coefficient (Wildman–Crippen LogP) is 0.665. The van der Waals surface area contributed by atoms with Crippen molar-refractivity contribution in [3.8, 4) is 0 Å². The number of anilines is 1. The Hall–Kier alpha value is -1.73. The van der Waals surface area contributed by atoms with Gasteiger partial charge in [0.15, 0.2) is 0 Å². The number of aromatic nitrogens is 1. The zero-order chi connectivity index (χ0) is 15.4. The van der Waals surface area contributed by atoms with E-state index in [1.54, 1.807) is 18.3 Å². The standard InChI is InChI=1S/C14H20N4O2S/c1-10(13(15)21)17-5-7-18(8-6-17)12-9-11(3-4-16-12)14(19)20-2/h3-4,9-10H,5-8H2,1-2H3,(H2,15,21). The molecule has 1 aromatic heterocycles. The number of thiocarbonyl (C=S) groups is 1. The van der Waals surface area contributed by atoms with E-state index in [0.29, 0.717) is 10.6 Å². The number of nitrogens with zero attached hydrogens (tertiary/aromatic N) is 3. The van der Waals surface area contributed by atoms with Gasteiger partial charge in [0.2, 0.25) is 0 Å². The van der Waals surface area contributed by atoms with Crippen LogP contribution in [0.2, 0.25) is 0 Å². The topological polar surface area (TPSA) is 71.7 Å². The van der Waals surface area contributed by atoms with Crippen LogP contribution in [0.25, 0.3) is 0 Å². The molecule has 0 saturated carbocycles. The Bertz CT molecular complexity index is 529. The third kappa shape index (κ3) is 3.68. The molecule has 1 atom stereocenters. The number of carbonyl (C=O) groups is 1. The Morgan fingerprint density at radius 1 is 1.43 bits per heavy atom. The largest absolute Gasteiger partial charge is 0.465 e. The van der Waals surface area contributed by atoms with E-state index in [9.17, 15) is 4.79 Å². The third-order valence-electron chi connectivity index (χ3n) is 3.76. The molecule has 1 aliphatic rings. The highest BCUT2D eigenvalue weighted by molar-refractivity contribution is 7.80. The van der Waals surface area contributed by atoms with Crippen molar-refractivity contribution in [2.24, 2.45) is 5.73 Å². The number of carbonyl (C=O) groups excluding carboxylic acids is 1. The lowest BCUT2D eigenvalue weighted by Gasteiger charge is -2.38. The maximum absolute atomic E-state index is 11.6. The molecule has 2 N–H and O–H groups in total. The minimum Gasteiger partial charge on any atom is -0.465 e. The molecule has 0 radical (unpaired) electrons. The number of piperazine rings is 1. The van der Waals surface area contributed by atoms with E-state index >= 15 is 0 Å². The number of rotatable bonds is 4. The van der Waals surface area contributed by atoms with Crippen LogP contribution >= 0.6 is 12.2 Å². The normalized spacial score (nSPS) is 17.3. The lowest BCUT2D eigenvalue weighted by atomic mass is 10.2. The Morgan fingerprint density at radius 2 is 2.10 bits per heavy atom. The van der Waals surface area contributed by atoms with Gasteiger partial charge in [0, 0.05) is 32.4 Å². The first-order chi connectivity index (χ1) is 10.0. The minimum absolute atomic E-state index is 0.108. The zero-order valence-electron chi connectivity index (χ0n) is 12.3. The van der Waals surface area contributed by atoms with Gasteiger partial charge in [0.05, 0.1) is 23.7 Å². The first kappa shape index (κ1) is 15.7. The molecular formula is C14H20N4O2S. The van der Waals surface area contributed by atoms with Crippen LogP contribution in [0.1, 0.15) is 17.3 Å². The third-order valence-corrected chi connectivity index (χ3v) is 4.11. The van der Waals surface area contributed by atoms with E-state index in [4.69, 9.17) is 22.7 Å². The fourth-order valence-corrected chi connectivity index (χ4v) is 2.50. The number of esters is 1. The molecule has 0 bridgehead atoms. The molecule has 21 heavy (non-hydrogen) atoms. The Labute approximate surface area is 129 Å². The average molecular weight is 308 g/mol. The van der Waals surface area contributed by atoms with Gasteiger partial charge >= 0.3 is 5.97 Å². The summed E-state index contributed by atoms with van der Waals surface area (Å²) >= 11 is 5.04. The summed E-state index contributed by atoms with van der Waals surface area (Å²) in [6, 6.07) is 3.52. The Morgan fingerprint density at radius 3 is 2.67 bits per heavy atom. The van der Waals surface area contributed by atoms with E-state index in [1.807, 2.05) is 6.92 Å². The summed E-state index contributed by atoms with van der Waals surface area (Å²) in [5.41, 5.74) is 6.21. The molecule has 1 aromatic rings. The van der Waals surface area contributed by atoms with Crippen LogP contribution in [-0.4, -0.2) is 60.2 Å². The van der Waals surface area contributed by atoms with Gasteiger partial charge in [0.1, 0.15) is 5.82 Å². The van der Waals surface area contributed by atoms with Gasteiger partial charge < -0.3 is 15.4 Å². The SMILES string of the molecule is COC(=O)c1ccnc(N2CCN(C(C)C(N)=S)CC2)c1. The van der Waals surface area contributed by atoms with E-state index in [1.165, 1.54) is 7.11 Å². The molecule has 0 aliphatic carbocycles. The highest BCUT2D eigenvalue weighted by Crippen LogP contribution is 2.16. The van der Waals surface area contributed by atoms with Crippen molar-refractivity contribution in [3.63, 3.8) is 0 Å². The van der Waals surface area contributed by atoms with Crippen molar-refractivity contribution < 1.29 is 9.53 Å². The second-order valence-electron chi connectivity index (χ2n) is 5.00. The maximum Gasteiger partial charge on any atom is 0.338 e.